The van der Waals surface area contributed by atoms with Gasteiger partial charge in [0.25, 0.3) is 5.91 Å². The van der Waals surface area contributed by atoms with Gasteiger partial charge in [-0.1, -0.05) is 23.8 Å². The average molecular weight is 419 g/mol. The molecule has 0 spiro atoms. The van der Waals surface area contributed by atoms with Crippen molar-refractivity contribution in [2.24, 2.45) is 0 Å². The van der Waals surface area contributed by atoms with Crippen LogP contribution in [0.4, 0.5) is 13.2 Å². The van der Waals surface area contributed by atoms with Crippen molar-refractivity contribution in [3.8, 4) is 0 Å². The first-order valence-electron chi connectivity index (χ1n) is 6.48. The molecule has 0 saturated carbocycles. The molecule has 2 aromatic carbocycles. The smallest absolute Gasteiger partial charge is 0.348 e. The summed E-state index contributed by atoms with van der Waals surface area (Å²) in [5.41, 5.74) is 1.24. The monoisotopic (exact) mass is 419 g/mol. The van der Waals surface area contributed by atoms with E-state index in [4.69, 9.17) is 0 Å². The second kappa shape index (κ2) is 6.68. The van der Waals surface area contributed by atoms with E-state index in [-0.39, 0.29) is 12.5 Å². The van der Waals surface area contributed by atoms with Crippen LogP contribution < -0.4 is 5.32 Å². The third-order valence-corrected chi connectivity index (χ3v) is 3.97. The minimum atomic E-state index is -4.38. The number of halogens is 4. The lowest BCUT2D eigenvalue weighted by Gasteiger charge is -2.10. The maximum atomic E-state index is 12.6. The zero-order chi connectivity index (χ0) is 16.3. The summed E-state index contributed by atoms with van der Waals surface area (Å²) in [7, 11) is 0. The lowest BCUT2D eigenvalue weighted by atomic mass is 10.1. The van der Waals surface area contributed by atoms with Crippen LogP contribution in [0.3, 0.4) is 0 Å². The Bertz CT molecular complexity index is 698. The van der Waals surface area contributed by atoms with Gasteiger partial charge in [-0.05, 0) is 59.3 Å². The predicted octanol–water partition coefficient (Wildman–Crippen LogP) is 4.55. The van der Waals surface area contributed by atoms with E-state index in [1.54, 1.807) is 12.1 Å². The van der Waals surface area contributed by atoms with E-state index < -0.39 is 11.7 Å². The molecule has 0 radical (unpaired) electrons. The average Bonchev–Trinajstić information content (AvgIpc) is 2.44. The van der Waals surface area contributed by atoms with Crippen LogP contribution in [0.1, 0.15) is 27.0 Å². The van der Waals surface area contributed by atoms with Crippen molar-refractivity contribution in [3.63, 3.8) is 0 Å². The van der Waals surface area contributed by atoms with Crippen molar-refractivity contribution < 1.29 is 18.0 Å². The molecule has 0 fully saturated rings. The molecule has 0 atom stereocenters. The molecular formula is C16H13F3INO. The molecule has 0 aliphatic rings. The first-order valence-corrected chi connectivity index (χ1v) is 7.56. The molecule has 0 bridgehead atoms. The van der Waals surface area contributed by atoms with Crippen molar-refractivity contribution in [2.75, 3.05) is 0 Å². The molecule has 0 aromatic heterocycles. The van der Waals surface area contributed by atoms with Crippen LogP contribution in [0.25, 0.3) is 0 Å². The molecule has 0 heterocycles. The summed E-state index contributed by atoms with van der Waals surface area (Å²) < 4.78 is 38.7. The fourth-order valence-electron chi connectivity index (χ4n) is 1.94. The van der Waals surface area contributed by atoms with E-state index in [2.05, 4.69) is 27.9 Å². The van der Waals surface area contributed by atoms with Crippen LogP contribution in [-0.4, -0.2) is 5.91 Å². The molecule has 0 saturated heterocycles. The summed E-state index contributed by atoms with van der Waals surface area (Å²) >= 11 is 2.06. The summed E-state index contributed by atoms with van der Waals surface area (Å²) in [5.74, 6) is -0.304. The van der Waals surface area contributed by atoms with Crippen molar-refractivity contribution in [2.45, 2.75) is 19.6 Å². The zero-order valence-corrected chi connectivity index (χ0v) is 13.8. The van der Waals surface area contributed by atoms with E-state index in [0.717, 1.165) is 21.3 Å². The van der Waals surface area contributed by atoms with E-state index in [0.29, 0.717) is 11.1 Å². The van der Waals surface area contributed by atoms with Crippen LogP contribution in [0.5, 0.6) is 0 Å². The second-order valence-corrected chi connectivity index (χ2v) is 6.03. The molecule has 0 aliphatic heterocycles. The summed E-state index contributed by atoms with van der Waals surface area (Å²) in [5, 5.41) is 2.64. The molecule has 22 heavy (non-hydrogen) atoms. The van der Waals surface area contributed by atoms with Gasteiger partial charge in [0.15, 0.2) is 0 Å². The van der Waals surface area contributed by atoms with Gasteiger partial charge in [0, 0.05) is 10.1 Å². The van der Waals surface area contributed by atoms with E-state index in [1.807, 2.05) is 19.1 Å². The molecule has 1 N–H and O–H groups in total. The first-order chi connectivity index (χ1) is 10.3. The van der Waals surface area contributed by atoms with Crippen LogP contribution in [-0.2, 0) is 12.7 Å². The van der Waals surface area contributed by atoms with E-state index in [9.17, 15) is 18.0 Å². The minimum Gasteiger partial charge on any atom is -0.348 e. The molecule has 0 unspecified atom stereocenters. The van der Waals surface area contributed by atoms with Gasteiger partial charge in [-0.25, -0.2) is 0 Å². The van der Waals surface area contributed by atoms with Crippen LogP contribution in [0.2, 0.25) is 0 Å². The highest BCUT2D eigenvalue weighted by molar-refractivity contribution is 14.1. The van der Waals surface area contributed by atoms with Crippen molar-refractivity contribution >= 4 is 28.5 Å². The maximum absolute atomic E-state index is 12.6. The van der Waals surface area contributed by atoms with Crippen LogP contribution in [0.15, 0.2) is 42.5 Å². The Morgan fingerprint density at radius 1 is 1.18 bits per heavy atom. The Balaban J connectivity index is 2.08. The number of hydrogen-bond acceptors (Lipinski definition) is 1. The van der Waals surface area contributed by atoms with Gasteiger partial charge in [-0.15, -0.1) is 0 Å². The number of hydrogen-bond donors (Lipinski definition) is 1. The van der Waals surface area contributed by atoms with Gasteiger partial charge in [0.2, 0.25) is 0 Å². The Kier molecular flexibility index (Phi) is 5.10. The van der Waals surface area contributed by atoms with Gasteiger partial charge >= 0.3 is 6.18 Å². The minimum absolute atomic E-state index is 0.0483. The fraction of sp³-hybridized carbons (Fsp3) is 0.188. The number of benzene rings is 2. The fourth-order valence-corrected chi connectivity index (χ4v) is 2.86. The SMILES string of the molecule is Cc1ccc(C(=O)NCc2cccc(C(F)(F)F)c2)c(I)c1. The number of nitrogens with one attached hydrogen (secondary N) is 1. The Hall–Kier alpha value is -1.57. The van der Waals surface area contributed by atoms with Gasteiger partial charge in [0.05, 0.1) is 11.1 Å². The van der Waals surface area contributed by atoms with Gasteiger partial charge in [0.1, 0.15) is 0 Å². The summed E-state index contributed by atoms with van der Waals surface area (Å²) in [6.45, 7) is 1.97. The molecular weight excluding hydrogens is 406 g/mol. The molecule has 2 rings (SSSR count). The molecule has 6 heteroatoms. The van der Waals surface area contributed by atoms with Gasteiger partial charge in [-0.3, -0.25) is 4.79 Å². The van der Waals surface area contributed by atoms with E-state index >= 15 is 0 Å². The number of alkyl halides is 3. The largest absolute Gasteiger partial charge is 0.416 e. The molecule has 2 aromatic rings. The first kappa shape index (κ1) is 16.8. The number of amides is 1. The quantitative estimate of drug-likeness (QED) is 0.727. The highest BCUT2D eigenvalue weighted by Gasteiger charge is 2.30. The number of carbonyl (C=O) groups is 1. The lowest BCUT2D eigenvalue weighted by Crippen LogP contribution is -2.24. The Morgan fingerprint density at radius 3 is 2.55 bits per heavy atom. The number of aryl methyl sites for hydroxylation is 1. The van der Waals surface area contributed by atoms with Crippen molar-refractivity contribution in [1.82, 2.24) is 5.32 Å². The summed E-state index contributed by atoms with van der Waals surface area (Å²) in [4.78, 5) is 12.1. The van der Waals surface area contributed by atoms with Crippen LogP contribution >= 0.6 is 22.6 Å². The number of rotatable bonds is 3. The third-order valence-electron chi connectivity index (χ3n) is 3.08. The molecule has 0 aliphatic carbocycles. The van der Waals surface area contributed by atoms with Crippen LogP contribution in [0, 0.1) is 10.5 Å². The van der Waals surface area contributed by atoms with Gasteiger partial charge in [-0.2, -0.15) is 13.2 Å². The summed E-state index contributed by atoms with van der Waals surface area (Å²) in [6, 6.07) is 10.3. The highest BCUT2D eigenvalue weighted by atomic mass is 127. The topological polar surface area (TPSA) is 29.1 Å². The second-order valence-electron chi connectivity index (χ2n) is 4.86. The number of carbonyl (C=O) groups excluding carboxylic acids is 1. The molecule has 116 valence electrons. The predicted molar refractivity (Wildman–Crippen MR) is 86.5 cm³/mol. The third kappa shape index (κ3) is 4.22. The lowest BCUT2D eigenvalue weighted by molar-refractivity contribution is -0.137. The van der Waals surface area contributed by atoms with Crippen molar-refractivity contribution in [1.29, 1.82) is 0 Å². The standard InChI is InChI=1S/C16H13F3INO/c1-10-5-6-13(14(20)7-10)15(22)21-9-11-3-2-4-12(8-11)16(17,18)19/h2-8H,9H2,1H3,(H,21,22). The summed E-state index contributed by atoms with van der Waals surface area (Å²) in [6.07, 6.45) is -4.38. The Morgan fingerprint density at radius 2 is 1.91 bits per heavy atom. The zero-order valence-electron chi connectivity index (χ0n) is 11.7. The normalized spacial score (nSPS) is 11.3. The Labute approximate surface area is 139 Å². The maximum Gasteiger partial charge on any atom is 0.416 e. The van der Waals surface area contributed by atoms with E-state index in [1.165, 1.54) is 6.07 Å². The molecule has 2 nitrogen and oxygen atoms in total. The molecule has 1 amide bonds. The highest BCUT2D eigenvalue weighted by Crippen LogP contribution is 2.29. The van der Waals surface area contributed by atoms with Crippen molar-refractivity contribution in [3.05, 3.63) is 68.3 Å². The van der Waals surface area contributed by atoms with Gasteiger partial charge < -0.3 is 5.32 Å².